The third-order valence-corrected chi connectivity index (χ3v) is 2.34. The molecule has 1 rings (SSSR count). The van der Waals surface area contributed by atoms with Crippen LogP contribution in [0, 0.1) is 0 Å². The Balaban J connectivity index is 0.000001000. The van der Waals surface area contributed by atoms with Crippen LogP contribution in [0.5, 0.6) is 0 Å². The monoisotopic (exact) mass is 179 g/mol. The fourth-order valence-electron chi connectivity index (χ4n) is 1.72. The molecular weight excluding hydrogens is 162 g/mol. The molecule has 1 heterocycles. The summed E-state index contributed by atoms with van der Waals surface area (Å²) in [4.78, 5) is 0. The molecule has 0 N–H and O–H groups in total. The number of piperidine rings is 1. The second-order valence-corrected chi connectivity index (χ2v) is 3.55. The van der Waals surface area contributed by atoms with Gasteiger partial charge in [0, 0.05) is 7.11 Å². The fourth-order valence-corrected chi connectivity index (χ4v) is 1.72. The van der Waals surface area contributed by atoms with E-state index in [9.17, 15) is 0 Å². The minimum atomic E-state index is 0. The van der Waals surface area contributed by atoms with E-state index in [1.807, 2.05) is 0 Å². The van der Waals surface area contributed by atoms with E-state index in [0.717, 1.165) is 11.2 Å². The van der Waals surface area contributed by atoms with E-state index in [1.165, 1.54) is 32.4 Å². The number of rotatable bonds is 2. The largest absolute Gasteiger partial charge is 1.00 e. The first-order valence-corrected chi connectivity index (χ1v) is 4.09. The van der Waals surface area contributed by atoms with Crippen molar-refractivity contribution in [3.63, 3.8) is 0 Å². The number of hydrogen-bond acceptors (Lipinski definition) is 1. The van der Waals surface area contributed by atoms with Gasteiger partial charge in [-0.25, -0.2) is 0 Å². The summed E-state index contributed by atoms with van der Waals surface area (Å²) in [5, 5.41) is 0. The Morgan fingerprint density at radius 3 is 2.18 bits per heavy atom. The summed E-state index contributed by atoms with van der Waals surface area (Å²) < 4.78 is 6.28. The molecule has 1 fully saturated rings. The maximum atomic E-state index is 5.16. The highest BCUT2D eigenvalue weighted by atomic mass is 35.5. The van der Waals surface area contributed by atoms with Crippen LogP contribution in [-0.4, -0.2) is 38.5 Å². The SMILES string of the molecule is COC[N+]1(C)CCCCC1.[Cl-]. The van der Waals surface area contributed by atoms with Crippen LogP contribution in [0.15, 0.2) is 0 Å². The van der Waals surface area contributed by atoms with E-state index in [-0.39, 0.29) is 12.4 Å². The van der Waals surface area contributed by atoms with Gasteiger partial charge in [0.2, 0.25) is 0 Å². The van der Waals surface area contributed by atoms with Crippen LogP contribution in [0.1, 0.15) is 19.3 Å². The van der Waals surface area contributed by atoms with Crippen LogP contribution >= 0.6 is 0 Å². The summed E-state index contributed by atoms with van der Waals surface area (Å²) in [6.45, 7) is 3.49. The first kappa shape index (κ1) is 11.2. The zero-order chi connectivity index (χ0) is 7.45. The smallest absolute Gasteiger partial charge is 0.182 e. The average Bonchev–Trinajstić information content (AvgIpc) is 1.89. The Hall–Kier alpha value is 0.210. The number of likely N-dealkylation sites (tertiary alicyclic amines) is 1. The summed E-state index contributed by atoms with van der Waals surface area (Å²) >= 11 is 0. The van der Waals surface area contributed by atoms with Crippen molar-refractivity contribution in [2.24, 2.45) is 0 Å². The summed E-state index contributed by atoms with van der Waals surface area (Å²) in [6, 6.07) is 0. The molecule has 11 heavy (non-hydrogen) atoms. The summed E-state index contributed by atoms with van der Waals surface area (Å²) in [5.41, 5.74) is 0. The van der Waals surface area contributed by atoms with Crippen molar-refractivity contribution in [1.82, 2.24) is 0 Å². The zero-order valence-corrected chi connectivity index (χ0v) is 8.23. The van der Waals surface area contributed by atoms with Gasteiger partial charge in [0.25, 0.3) is 0 Å². The number of quaternary nitrogens is 1. The molecule has 1 saturated heterocycles. The molecule has 0 bridgehead atoms. The Labute approximate surface area is 75.5 Å². The molecule has 0 aromatic heterocycles. The minimum absolute atomic E-state index is 0. The molecule has 0 aliphatic carbocycles. The lowest BCUT2D eigenvalue weighted by molar-refractivity contribution is -0.931. The maximum absolute atomic E-state index is 5.16. The molecule has 2 nitrogen and oxygen atoms in total. The van der Waals surface area contributed by atoms with Crippen LogP contribution in [0.25, 0.3) is 0 Å². The second kappa shape index (κ2) is 4.96. The van der Waals surface area contributed by atoms with Gasteiger partial charge in [-0.1, -0.05) is 0 Å². The Morgan fingerprint density at radius 1 is 1.18 bits per heavy atom. The van der Waals surface area contributed by atoms with Crippen molar-refractivity contribution in [3.05, 3.63) is 0 Å². The van der Waals surface area contributed by atoms with Crippen LogP contribution in [0.3, 0.4) is 0 Å². The summed E-state index contributed by atoms with van der Waals surface area (Å²) in [6.07, 6.45) is 4.16. The molecule has 68 valence electrons. The van der Waals surface area contributed by atoms with E-state index in [0.29, 0.717) is 0 Å². The van der Waals surface area contributed by atoms with Crippen LogP contribution in [0.2, 0.25) is 0 Å². The molecule has 0 radical (unpaired) electrons. The minimum Gasteiger partial charge on any atom is -1.00 e. The van der Waals surface area contributed by atoms with Crippen LogP contribution in [0.4, 0.5) is 0 Å². The fraction of sp³-hybridized carbons (Fsp3) is 1.00. The molecule has 1 aliphatic rings. The summed E-state index contributed by atoms with van der Waals surface area (Å²) in [5.74, 6) is 0. The van der Waals surface area contributed by atoms with E-state index in [4.69, 9.17) is 4.74 Å². The maximum Gasteiger partial charge on any atom is 0.182 e. The van der Waals surface area contributed by atoms with Gasteiger partial charge in [-0.3, -0.25) is 0 Å². The molecule has 0 atom stereocenters. The standard InChI is InChI=1S/C8H18NO.ClH/c1-9(8-10-2)6-4-3-5-7-9;/h3-8H2,1-2H3;1H/q+1;/p-1. The van der Waals surface area contributed by atoms with Crippen molar-refractivity contribution in [3.8, 4) is 0 Å². The van der Waals surface area contributed by atoms with Gasteiger partial charge in [-0.15, -0.1) is 0 Å². The second-order valence-electron chi connectivity index (χ2n) is 3.55. The number of ether oxygens (including phenoxy) is 1. The van der Waals surface area contributed by atoms with Gasteiger partial charge in [0.05, 0.1) is 20.1 Å². The molecule has 1 aliphatic heterocycles. The Bertz CT molecular complexity index is 96.8. The van der Waals surface area contributed by atoms with Gasteiger partial charge >= 0.3 is 0 Å². The van der Waals surface area contributed by atoms with Gasteiger partial charge in [-0.2, -0.15) is 0 Å². The van der Waals surface area contributed by atoms with E-state index in [1.54, 1.807) is 7.11 Å². The number of methoxy groups -OCH3 is 1. The van der Waals surface area contributed by atoms with Gasteiger partial charge < -0.3 is 21.6 Å². The predicted molar refractivity (Wildman–Crippen MR) is 41.6 cm³/mol. The number of hydrogen-bond donors (Lipinski definition) is 0. The first-order chi connectivity index (χ1) is 4.77. The quantitative estimate of drug-likeness (QED) is 0.456. The molecule has 3 heteroatoms. The lowest BCUT2D eigenvalue weighted by Crippen LogP contribution is -3.00. The van der Waals surface area contributed by atoms with Gasteiger partial charge in [-0.05, 0) is 19.3 Å². The first-order valence-electron chi connectivity index (χ1n) is 4.09. The van der Waals surface area contributed by atoms with E-state index < -0.39 is 0 Å². The Kier molecular flexibility index (Phi) is 5.06. The Morgan fingerprint density at radius 2 is 1.73 bits per heavy atom. The molecule has 0 amide bonds. The normalized spacial score (nSPS) is 22.4. The zero-order valence-electron chi connectivity index (χ0n) is 7.48. The molecular formula is C8H18ClNO. The van der Waals surface area contributed by atoms with E-state index in [2.05, 4.69) is 7.05 Å². The summed E-state index contributed by atoms with van der Waals surface area (Å²) in [7, 11) is 4.07. The highest BCUT2D eigenvalue weighted by molar-refractivity contribution is 4.48. The van der Waals surface area contributed by atoms with Crippen molar-refractivity contribution < 1.29 is 21.6 Å². The van der Waals surface area contributed by atoms with Crippen molar-refractivity contribution in [2.45, 2.75) is 19.3 Å². The molecule has 0 aromatic rings. The average molecular weight is 180 g/mol. The number of halogens is 1. The predicted octanol–water partition coefficient (Wildman–Crippen LogP) is -1.78. The molecule has 0 spiro atoms. The lowest BCUT2D eigenvalue weighted by atomic mass is 10.1. The topological polar surface area (TPSA) is 9.23 Å². The highest BCUT2D eigenvalue weighted by Crippen LogP contribution is 2.15. The van der Waals surface area contributed by atoms with Crippen LogP contribution < -0.4 is 12.4 Å². The van der Waals surface area contributed by atoms with Crippen LogP contribution in [-0.2, 0) is 4.74 Å². The third kappa shape index (κ3) is 3.41. The highest BCUT2D eigenvalue weighted by Gasteiger charge is 2.23. The molecule has 0 unspecified atom stereocenters. The van der Waals surface area contributed by atoms with Crippen molar-refractivity contribution >= 4 is 0 Å². The van der Waals surface area contributed by atoms with Crippen molar-refractivity contribution in [2.75, 3.05) is 34.0 Å². The number of nitrogens with zero attached hydrogens (tertiary/aromatic N) is 1. The molecule has 0 aromatic carbocycles. The third-order valence-electron chi connectivity index (χ3n) is 2.34. The van der Waals surface area contributed by atoms with E-state index >= 15 is 0 Å². The van der Waals surface area contributed by atoms with Gasteiger partial charge in [0.1, 0.15) is 0 Å². The van der Waals surface area contributed by atoms with Crippen molar-refractivity contribution in [1.29, 1.82) is 0 Å². The molecule has 0 saturated carbocycles. The van der Waals surface area contributed by atoms with Gasteiger partial charge in [0.15, 0.2) is 6.73 Å². The lowest BCUT2D eigenvalue weighted by Gasteiger charge is -2.36.